The summed E-state index contributed by atoms with van der Waals surface area (Å²) in [6.07, 6.45) is 0. The molecule has 1 aliphatic heterocycles. The van der Waals surface area contributed by atoms with Crippen molar-refractivity contribution >= 4 is 12.7 Å². The highest BCUT2D eigenvalue weighted by atomic mass is 19.1. The van der Waals surface area contributed by atoms with Gasteiger partial charge >= 0.3 is 7.12 Å². The van der Waals surface area contributed by atoms with Crippen LogP contribution in [0.15, 0.2) is 36.4 Å². The molecule has 1 aliphatic rings. The van der Waals surface area contributed by atoms with Crippen molar-refractivity contribution in [3.05, 3.63) is 53.3 Å². The number of nitrogens with zero attached hydrogens (tertiary/aromatic N) is 2. The maximum atomic E-state index is 13.9. The highest BCUT2D eigenvalue weighted by Crippen LogP contribution is 2.36. The van der Waals surface area contributed by atoms with E-state index in [0.717, 1.165) is 0 Å². The van der Waals surface area contributed by atoms with E-state index in [-0.39, 0.29) is 12.2 Å². The zero-order chi connectivity index (χ0) is 18.9. The number of nitriles is 1. The van der Waals surface area contributed by atoms with Crippen LogP contribution >= 0.6 is 0 Å². The second kappa shape index (κ2) is 6.71. The van der Waals surface area contributed by atoms with Gasteiger partial charge in [0.15, 0.2) is 0 Å². The molecule has 0 saturated carbocycles. The van der Waals surface area contributed by atoms with E-state index in [2.05, 4.69) is 4.98 Å². The summed E-state index contributed by atoms with van der Waals surface area (Å²) in [5, 5.41) is 8.79. The van der Waals surface area contributed by atoms with Crippen LogP contribution in [0.4, 0.5) is 4.39 Å². The molecule has 0 spiro atoms. The van der Waals surface area contributed by atoms with Crippen molar-refractivity contribution in [2.75, 3.05) is 0 Å². The summed E-state index contributed by atoms with van der Waals surface area (Å²) in [5.74, 6) is -0.132. The van der Waals surface area contributed by atoms with Crippen LogP contribution in [0.1, 0.15) is 38.8 Å². The molecular weight excluding hydrogens is 334 g/mol. The molecule has 0 radical (unpaired) electrons. The third kappa shape index (κ3) is 3.57. The van der Waals surface area contributed by atoms with Crippen LogP contribution in [0.5, 0.6) is 5.88 Å². The lowest BCUT2D eigenvalue weighted by Crippen LogP contribution is -2.41. The molecule has 134 valence electrons. The Kier molecular flexibility index (Phi) is 4.74. The van der Waals surface area contributed by atoms with Crippen LogP contribution in [0.25, 0.3) is 0 Å². The van der Waals surface area contributed by atoms with Crippen molar-refractivity contribution in [1.29, 1.82) is 5.26 Å². The van der Waals surface area contributed by atoms with E-state index in [1.54, 1.807) is 24.3 Å². The summed E-state index contributed by atoms with van der Waals surface area (Å²) in [5.41, 5.74) is 0.310. The Bertz CT molecular complexity index is 848. The van der Waals surface area contributed by atoms with Gasteiger partial charge in [-0.25, -0.2) is 9.37 Å². The summed E-state index contributed by atoms with van der Waals surface area (Å²) >= 11 is 0. The standard InChI is InChI=1S/C19H20BFN2O3/c1-18(2)19(3,4)26-20(25-18)16-6-5-7-17(23-16)24-12-14-9-8-13(11-22)10-15(14)21/h5-10H,12H2,1-4H3. The molecular formula is C19H20BFN2O3. The molecule has 0 amide bonds. The van der Waals surface area contributed by atoms with Crippen LogP contribution in [0, 0.1) is 17.1 Å². The Hall–Kier alpha value is -2.43. The second-order valence-corrected chi connectivity index (χ2v) is 7.20. The Morgan fingerprint density at radius 1 is 1.15 bits per heavy atom. The maximum absolute atomic E-state index is 13.9. The molecule has 1 aromatic carbocycles. The van der Waals surface area contributed by atoms with Crippen LogP contribution in [-0.4, -0.2) is 23.3 Å². The fourth-order valence-corrected chi connectivity index (χ4v) is 2.49. The van der Waals surface area contributed by atoms with Gasteiger partial charge in [0.25, 0.3) is 0 Å². The molecule has 5 nitrogen and oxygen atoms in total. The first-order valence-electron chi connectivity index (χ1n) is 8.36. The maximum Gasteiger partial charge on any atom is 0.514 e. The zero-order valence-electron chi connectivity index (χ0n) is 15.2. The largest absolute Gasteiger partial charge is 0.514 e. The smallest absolute Gasteiger partial charge is 0.473 e. The zero-order valence-corrected chi connectivity index (χ0v) is 15.2. The molecule has 0 bridgehead atoms. The summed E-state index contributed by atoms with van der Waals surface area (Å²) in [4.78, 5) is 4.42. The third-order valence-corrected chi connectivity index (χ3v) is 4.80. The van der Waals surface area contributed by atoms with Gasteiger partial charge in [0.2, 0.25) is 5.88 Å². The lowest BCUT2D eigenvalue weighted by molar-refractivity contribution is 0.00578. The van der Waals surface area contributed by atoms with Crippen LogP contribution in [0.2, 0.25) is 0 Å². The number of hydrogen-bond donors (Lipinski definition) is 0. The van der Waals surface area contributed by atoms with Gasteiger partial charge in [0, 0.05) is 11.6 Å². The highest BCUT2D eigenvalue weighted by molar-refractivity contribution is 6.61. The number of benzene rings is 1. The van der Waals surface area contributed by atoms with Gasteiger partial charge in [-0.3, -0.25) is 0 Å². The van der Waals surface area contributed by atoms with Gasteiger partial charge < -0.3 is 14.0 Å². The summed E-state index contributed by atoms with van der Waals surface area (Å²) in [7, 11) is -0.588. The molecule has 0 N–H and O–H groups in total. The third-order valence-electron chi connectivity index (χ3n) is 4.80. The van der Waals surface area contributed by atoms with E-state index in [0.29, 0.717) is 17.0 Å². The SMILES string of the molecule is CC1(C)OB(c2cccc(OCc3ccc(C#N)cc3F)n2)OC1(C)C. The molecule has 2 heterocycles. The monoisotopic (exact) mass is 354 g/mol. The lowest BCUT2D eigenvalue weighted by Gasteiger charge is -2.32. The fraction of sp³-hybridized carbons (Fsp3) is 0.368. The van der Waals surface area contributed by atoms with Crippen molar-refractivity contribution in [2.45, 2.75) is 45.5 Å². The number of hydrogen-bond acceptors (Lipinski definition) is 5. The number of rotatable bonds is 4. The van der Waals surface area contributed by atoms with E-state index >= 15 is 0 Å². The highest BCUT2D eigenvalue weighted by Gasteiger charge is 2.52. The molecule has 1 aromatic heterocycles. The Labute approximate surface area is 152 Å². The molecule has 2 aromatic rings. The molecule has 0 unspecified atom stereocenters. The van der Waals surface area contributed by atoms with Crippen molar-refractivity contribution in [3.63, 3.8) is 0 Å². The summed E-state index contributed by atoms with van der Waals surface area (Å²) < 4.78 is 31.5. The first kappa shape index (κ1) is 18.4. The molecule has 26 heavy (non-hydrogen) atoms. The van der Waals surface area contributed by atoms with E-state index in [1.165, 1.54) is 12.1 Å². The Morgan fingerprint density at radius 3 is 2.46 bits per heavy atom. The summed E-state index contributed by atoms with van der Waals surface area (Å²) in [6, 6.07) is 11.5. The van der Waals surface area contributed by atoms with E-state index in [9.17, 15) is 4.39 Å². The van der Waals surface area contributed by atoms with E-state index < -0.39 is 24.1 Å². The molecule has 1 fully saturated rings. The average Bonchev–Trinajstić information content (AvgIpc) is 2.82. The lowest BCUT2D eigenvalue weighted by atomic mass is 9.84. The summed E-state index contributed by atoms with van der Waals surface area (Å²) in [6.45, 7) is 7.90. The van der Waals surface area contributed by atoms with Crippen molar-refractivity contribution in [2.24, 2.45) is 0 Å². The van der Waals surface area contributed by atoms with Gasteiger partial charge in [-0.1, -0.05) is 12.1 Å². The quantitative estimate of drug-likeness (QED) is 0.790. The van der Waals surface area contributed by atoms with Crippen LogP contribution < -0.4 is 10.3 Å². The Morgan fingerprint density at radius 2 is 1.85 bits per heavy atom. The number of halogens is 1. The van der Waals surface area contributed by atoms with E-state index in [4.69, 9.17) is 19.3 Å². The molecule has 3 rings (SSSR count). The van der Waals surface area contributed by atoms with Crippen molar-refractivity contribution < 1.29 is 18.4 Å². The number of pyridine rings is 1. The number of ether oxygens (including phenoxy) is 1. The van der Waals surface area contributed by atoms with Crippen molar-refractivity contribution in [3.8, 4) is 11.9 Å². The molecule has 1 saturated heterocycles. The minimum absolute atomic E-state index is 0.0113. The minimum Gasteiger partial charge on any atom is -0.473 e. The molecule has 7 heteroatoms. The van der Waals surface area contributed by atoms with Gasteiger partial charge in [-0.2, -0.15) is 5.26 Å². The first-order chi connectivity index (χ1) is 12.2. The molecule has 0 atom stereocenters. The minimum atomic E-state index is -0.588. The predicted octanol–water partition coefficient (Wildman–Crippen LogP) is 2.97. The van der Waals surface area contributed by atoms with E-state index in [1.807, 2.05) is 33.8 Å². The fourth-order valence-electron chi connectivity index (χ4n) is 2.49. The number of aromatic nitrogens is 1. The van der Waals surface area contributed by atoms with Gasteiger partial charge in [-0.15, -0.1) is 0 Å². The Balaban J connectivity index is 1.72. The van der Waals surface area contributed by atoms with Gasteiger partial charge in [0.05, 0.1) is 28.4 Å². The van der Waals surface area contributed by atoms with Crippen LogP contribution in [-0.2, 0) is 15.9 Å². The van der Waals surface area contributed by atoms with Crippen molar-refractivity contribution in [1.82, 2.24) is 4.98 Å². The average molecular weight is 354 g/mol. The van der Waals surface area contributed by atoms with Crippen LogP contribution in [0.3, 0.4) is 0 Å². The topological polar surface area (TPSA) is 64.4 Å². The predicted molar refractivity (Wildman–Crippen MR) is 95.4 cm³/mol. The molecule has 0 aliphatic carbocycles. The normalized spacial score (nSPS) is 17.8. The second-order valence-electron chi connectivity index (χ2n) is 7.20. The first-order valence-corrected chi connectivity index (χ1v) is 8.36. The van der Waals surface area contributed by atoms with Gasteiger partial charge in [-0.05, 0) is 45.9 Å². The van der Waals surface area contributed by atoms with Gasteiger partial charge in [0.1, 0.15) is 12.4 Å².